The number of aromatic nitrogens is 2. The van der Waals surface area contributed by atoms with E-state index in [1.807, 2.05) is 4.90 Å². The van der Waals surface area contributed by atoms with Crippen LogP contribution < -0.4 is 15.8 Å². The van der Waals surface area contributed by atoms with Crippen LogP contribution in [0.4, 0.5) is 27.6 Å². The van der Waals surface area contributed by atoms with Gasteiger partial charge >= 0.3 is 6.18 Å². The second-order valence-corrected chi connectivity index (χ2v) is 9.18. The standard InChI is InChI=1S/C25H22ClF5N4O2/c1-13-10-20(36)34-23(33-13)21-17(25(29,30)31)4-2-15(22(21)28)12-32-24(37)14-6-8-35(9-7-14)16-3-5-18(26)19(27)11-16/h2-5,10-11,14H,6-9,12H2,1H3,(H,32,37)(H,33,34,36). The Morgan fingerprint density at radius 3 is 2.49 bits per heavy atom. The first-order valence-electron chi connectivity index (χ1n) is 11.4. The van der Waals surface area contributed by atoms with Crippen molar-refractivity contribution in [3.63, 3.8) is 0 Å². The molecule has 0 saturated carbocycles. The smallest absolute Gasteiger partial charge is 0.371 e. The molecule has 12 heteroatoms. The number of benzene rings is 2. The van der Waals surface area contributed by atoms with Gasteiger partial charge in [-0.15, -0.1) is 0 Å². The van der Waals surface area contributed by atoms with E-state index in [1.54, 1.807) is 6.07 Å². The highest BCUT2D eigenvalue weighted by atomic mass is 35.5. The van der Waals surface area contributed by atoms with Crippen molar-refractivity contribution in [3.05, 3.63) is 80.2 Å². The SMILES string of the molecule is Cc1cc(=O)[nH]c(-c2c(C(F)(F)F)ccc(CNC(=O)C3CCN(c4ccc(Cl)c(F)c4)CC3)c2F)n1. The van der Waals surface area contributed by atoms with E-state index in [2.05, 4.69) is 15.3 Å². The summed E-state index contributed by atoms with van der Waals surface area (Å²) in [5, 5.41) is 2.61. The summed E-state index contributed by atoms with van der Waals surface area (Å²) in [7, 11) is 0. The number of aryl methyl sites for hydroxylation is 1. The molecule has 2 heterocycles. The van der Waals surface area contributed by atoms with Crippen LogP contribution >= 0.6 is 11.6 Å². The summed E-state index contributed by atoms with van der Waals surface area (Å²) in [4.78, 5) is 32.5. The van der Waals surface area contributed by atoms with E-state index in [1.165, 1.54) is 19.1 Å². The van der Waals surface area contributed by atoms with Crippen LogP contribution in [0.15, 0.2) is 41.2 Å². The molecule has 2 N–H and O–H groups in total. The van der Waals surface area contributed by atoms with E-state index < -0.39 is 46.2 Å². The van der Waals surface area contributed by atoms with Gasteiger partial charge in [-0.2, -0.15) is 13.2 Å². The van der Waals surface area contributed by atoms with Gasteiger partial charge < -0.3 is 15.2 Å². The van der Waals surface area contributed by atoms with Crippen LogP contribution in [0.3, 0.4) is 0 Å². The minimum Gasteiger partial charge on any atom is -0.371 e. The average Bonchev–Trinajstić information content (AvgIpc) is 2.83. The minimum atomic E-state index is -4.90. The van der Waals surface area contributed by atoms with Crippen molar-refractivity contribution >= 4 is 23.2 Å². The Balaban J connectivity index is 1.48. The number of H-pyrrole nitrogens is 1. The lowest BCUT2D eigenvalue weighted by molar-refractivity contribution is -0.137. The van der Waals surface area contributed by atoms with Crippen molar-refractivity contribution in [2.24, 2.45) is 5.92 Å². The number of nitrogens with zero attached hydrogens (tertiary/aromatic N) is 2. The topological polar surface area (TPSA) is 78.1 Å². The fraction of sp³-hybridized carbons (Fsp3) is 0.320. The lowest BCUT2D eigenvalue weighted by Gasteiger charge is -2.33. The predicted molar refractivity (Wildman–Crippen MR) is 128 cm³/mol. The molecule has 0 bridgehead atoms. The third-order valence-electron chi connectivity index (χ3n) is 6.22. The van der Waals surface area contributed by atoms with Gasteiger partial charge in [0.15, 0.2) is 0 Å². The van der Waals surface area contributed by atoms with Gasteiger partial charge in [0.1, 0.15) is 17.5 Å². The van der Waals surface area contributed by atoms with Crippen LogP contribution in [-0.2, 0) is 17.5 Å². The van der Waals surface area contributed by atoms with Crippen LogP contribution in [0.1, 0.15) is 29.7 Å². The molecule has 1 aliphatic heterocycles. The van der Waals surface area contributed by atoms with Gasteiger partial charge in [-0.3, -0.25) is 9.59 Å². The zero-order valence-electron chi connectivity index (χ0n) is 19.6. The van der Waals surface area contributed by atoms with Gasteiger partial charge in [-0.25, -0.2) is 13.8 Å². The van der Waals surface area contributed by atoms with Gasteiger partial charge in [0.2, 0.25) is 5.91 Å². The first-order valence-corrected chi connectivity index (χ1v) is 11.8. The fourth-order valence-corrected chi connectivity index (χ4v) is 4.45. The zero-order chi connectivity index (χ0) is 26.9. The highest BCUT2D eigenvalue weighted by molar-refractivity contribution is 6.30. The molecule has 0 aliphatic carbocycles. The number of hydrogen-bond donors (Lipinski definition) is 2. The highest BCUT2D eigenvalue weighted by Gasteiger charge is 2.37. The van der Waals surface area contributed by atoms with E-state index in [0.717, 1.165) is 12.1 Å². The number of alkyl halides is 3. The van der Waals surface area contributed by atoms with E-state index in [0.29, 0.717) is 37.7 Å². The number of piperidine rings is 1. The molecule has 1 aromatic heterocycles. The number of carbonyl (C=O) groups is 1. The Kier molecular flexibility index (Phi) is 7.54. The minimum absolute atomic E-state index is 0.0150. The van der Waals surface area contributed by atoms with Crippen molar-refractivity contribution in [3.8, 4) is 11.4 Å². The Bertz CT molecular complexity index is 1380. The molecule has 0 atom stereocenters. The van der Waals surface area contributed by atoms with Crippen molar-refractivity contribution in [2.45, 2.75) is 32.5 Å². The Morgan fingerprint density at radius 1 is 1.16 bits per heavy atom. The molecule has 0 spiro atoms. The molecule has 3 aromatic rings. The third kappa shape index (κ3) is 5.93. The van der Waals surface area contributed by atoms with E-state index >= 15 is 4.39 Å². The number of hydrogen-bond acceptors (Lipinski definition) is 4. The molecule has 4 rings (SSSR count). The molecule has 6 nitrogen and oxygen atoms in total. The summed E-state index contributed by atoms with van der Waals surface area (Å²) in [6.07, 6.45) is -4.00. The third-order valence-corrected chi connectivity index (χ3v) is 6.53. The molecule has 37 heavy (non-hydrogen) atoms. The normalized spacial score (nSPS) is 14.6. The Hall–Kier alpha value is -3.47. The number of aromatic amines is 1. The number of nitrogens with one attached hydrogen (secondary N) is 2. The molecular weight excluding hydrogens is 519 g/mol. The summed E-state index contributed by atoms with van der Waals surface area (Å²) in [5.74, 6) is -3.09. The molecule has 1 aliphatic rings. The Labute approximate surface area is 213 Å². The number of rotatable bonds is 5. The first kappa shape index (κ1) is 26.6. The summed E-state index contributed by atoms with van der Waals surface area (Å²) in [6, 6.07) is 7.20. The van der Waals surface area contributed by atoms with Crippen LogP contribution in [0.5, 0.6) is 0 Å². The quantitative estimate of drug-likeness (QED) is 0.435. The van der Waals surface area contributed by atoms with Gasteiger partial charge in [-0.05, 0) is 44.0 Å². The second-order valence-electron chi connectivity index (χ2n) is 8.77. The van der Waals surface area contributed by atoms with Gasteiger partial charge in [0.05, 0.1) is 16.1 Å². The highest BCUT2D eigenvalue weighted by Crippen LogP contribution is 2.38. The maximum atomic E-state index is 15.3. The van der Waals surface area contributed by atoms with E-state index in [9.17, 15) is 27.2 Å². The largest absolute Gasteiger partial charge is 0.417 e. The fourth-order valence-electron chi connectivity index (χ4n) is 4.33. The molecule has 1 saturated heterocycles. The second kappa shape index (κ2) is 10.5. The van der Waals surface area contributed by atoms with Crippen LogP contribution in [0.25, 0.3) is 11.4 Å². The maximum absolute atomic E-state index is 15.3. The molecule has 0 unspecified atom stereocenters. The van der Waals surface area contributed by atoms with Crippen LogP contribution in [-0.4, -0.2) is 29.0 Å². The van der Waals surface area contributed by atoms with Crippen molar-refractivity contribution in [1.82, 2.24) is 15.3 Å². The lowest BCUT2D eigenvalue weighted by atomic mass is 9.95. The molecule has 0 radical (unpaired) electrons. The lowest BCUT2D eigenvalue weighted by Crippen LogP contribution is -2.40. The summed E-state index contributed by atoms with van der Waals surface area (Å²) in [5.41, 5.74) is -2.32. The van der Waals surface area contributed by atoms with Crippen molar-refractivity contribution in [1.29, 1.82) is 0 Å². The van der Waals surface area contributed by atoms with Crippen molar-refractivity contribution < 1.29 is 26.7 Å². The van der Waals surface area contributed by atoms with E-state index in [4.69, 9.17) is 11.6 Å². The number of halogens is 6. The van der Waals surface area contributed by atoms with Gasteiger partial charge in [-0.1, -0.05) is 17.7 Å². The first-order chi connectivity index (χ1) is 17.4. The maximum Gasteiger partial charge on any atom is 0.417 e. The predicted octanol–water partition coefficient (Wildman–Crippen LogP) is 5.23. The molecular formula is C25H22ClF5N4O2. The van der Waals surface area contributed by atoms with Gasteiger partial charge in [0.25, 0.3) is 5.56 Å². The van der Waals surface area contributed by atoms with E-state index in [-0.39, 0.29) is 28.7 Å². The molecule has 1 amide bonds. The average molecular weight is 541 g/mol. The molecule has 196 valence electrons. The summed E-state index contributed by atoms with van der Waals surface area (Å²) < 4.78 is 69.9. The van der Waals surface area contributed by atoms with Gasteiger partial charge in [0, 0.05) is 48.6 Å². The van der Waals surface area contributed by atoms with Crippen LogP contribution in [0, 0.1) is 24.5 Å². The number of anilines is 1. The number of amides is 1. The molecule has 1 fully saturated rings. The summed E-state index contributed by atoms with van der Waals surface area (Å²) >= 11 is 5.72. The summed E-state index contributed by atoms with van der Waals surface area (Å²) in [6.45, 7) is 2.01. The van der Waals surface area contributed by atoms with Crippen molar-refractivity contribution in [2.75, 3.05) is 18.0 Å². The zero-order valence-corrected chi connectivity index (χ0v) is 20.3. The monoisotopic (exact) mass is 540 g/mol. The molecule has 2 aromatic carbocycles. The number of carbonyl (C=O) groups excluding carboxylic acids is 1. The van der Waals surface area contributed by atoms with Crippen LogP contribution in [0.2, 0.25) is 5.02 Å². The Morgan fingerprint density at radius 2 is 1.86 bits per heavy atom.